The molecular weight excluding hydrogens is 302 g/mol. The maximum Gasteiger partial charge on any atom is 0.254 e. The molecule has 5 heteroatoms. The highest BCUT2D eigenvalue weighted by Gasteiger charge is 2.11. The zero-order chi connectivity index (χ0) is 16.9. The van der Waals surface area contributed by atoms with Gasteiger partial charge in [-0.05, 0) is 47.5 Å². The molecule has 0 spiro atoms. The van der Waals surface area contributed by atoms with E-state index in [-0.39, 0.29) is 17.2 Å². The third-order valence-electron chi connectivity index (χ3n) is 3.61. The van der Waals surface area contributed by atoms with Crippen molar-refractivity contribution < 1.29 is 9.90 Å². The van der Waals surface area contributed by atoms with E-state index in [9.17, 15) is 9.90 Å². The third kappa shape index (κ3) is 3.35. The summed E-state index contributed by atoms with van der Waals surface area (Å²) in [5, 5.41) is 15.6. The van der Waals surface area contributed by atoms with E-state index < -0.39 is 0 Å². The molecule has 0 unspecified atom stereocenters. The van der Waals surface area contributed by atoms with Crippen LogP contribution in [0, 0.1) is 0 Å². The number of phenolic OH excluding ortho intramolecular Hbond substituents is 1. The molecule has 120 valence electrons. The normalized spacial score (nSPS) is 10.2. The Morgan fingerprint density at radius 3 is 2.50 bits per heavy atom. The molecular formula is C19H17N3O2. The van der Waals surface area contributed by atoms with E-state index >= 15 is 0 Å². The summed E-state index contributed by atoms with van der Waals surface area (Å²) in [5.74, 6) is 0.328. The highest BCUT2D eigenvalue weighted by atomic mass is 16.3. The first-order valence-electron chi connectivity index (χ1n) is 7.51. The minimum atomic E-state index is -0.328. The van der Waals surface area contributed by atoms with Gasteiger partial charge in [0.2, 0.25) is 0 Å². The molecule has 0 saturated heterocycles. The maximum absolute atomic E-state index is 11.8. The molecule has 0 aliphatic carbocycles. The largest absolute Gasteiger partial charge is 0.507 e. The Bertz CT molecular complexity index is 863. The number of pyridine rings is 1. The first-order valence-corrected chi connectivity index (χ1v) is 7.51. The molecule has 0 aliphatic rings. The zero-order valence-corrected chi connectivity index (χ0v) is 13.2. The van der Waals surface area contributed by atoms with Gasteiger partial charge in [-0.1, -0.05) is 24.3 Å². The molecule has 3 rings (SSSR count). The lowest BCUT2D eigenvalue weighted by Crippen LogP contribution is -2.17. The number of nitrogens with one attached hydrogen (secondary N) is 2. The molecule has 0 atom stereocenters. The summed E-state index contributed by atoms with van der Waals surface area (Å²) in [7, 11) is 1.53. The van der Waals surface area contributed by atoms with Crippen LogP contribution >= 0.6 is 0 Å². The van der Waals surface area contributed by atoms with Gasteiger partial charge in [0.1, 0.15) is 11.6 Å². The molecule has 0 aliphatic heterocycles. The van der Waals surface area contributed by atoms with Crippen LogP contribution in [0.4, 0.5) is 11.5 Å². The van der Waals surface area contributed by atoms with E-state index in [4.69, 9.17) is 0 Å². The molecule has 1 heterocycles. The Balaban J connectivity index is 1.93. The molecule has 24 heavy (non-hydrogen) atoms. The third-order valence-corrected chi connectivity index (χ3v) is 3.61. The molecule has 0 radical (unpaired) electrons. The number of hydrogen-bond donors (Lipinski definition) is 3. The molecule has 0 fully saturated rings. The minimum absolute atomic E-state index is 0.0465. The van der Waals surface area contributed by atoms with Crippen LogP contribution in [0.5, 0.6) is 5.75 Å². The summed E-state index contributed by atoms with van der Waals surface area (Å²) < 4.78 is 0. The Labute approximate surface area is 140 Å². The van der Waals surface area contributed by atoms with Crippen molar-refractivity contribution >= 4 is 17.4 Å². The zero-order valence-electron chi connectivity index (χ0n) is 13.2. The van der Waals surface area contributed by atoms with Crippen molar-refractivity contribution in [2.75, 3.05) is 12.4 Å². The summed E-state index contributed by atoms with van der Waals surface area (Å²) in [4.78, 5) is 16.1. The summed E-state index contributed by atoms with van der Waals surface area (Å²) in [6, 6.07) is 18.5. The van der Waals surface area contributed by atoms with Crippen molar-refractivity contribution in [3.05, 3.63) is 72.4 Å². The second kappa shape index (κ2) is 6.83. The summed E-state index contributed by atoms with van der Waals surface area (Å²) >= 11 is 0. The molecule has 5 nitrogen and oxygen atoms in total. The maximum atomic E-state index is 11.8. The van der Waals surface area contributed by atoms with Crippen LogP contribution in [0.2, 0.25) is 0 Å². The van der Waals surface area contributed by atoms with Crippen molar-refractivity contribution in [3.8, 4) is 16.9 Å². The Hall–Kier alpha value is -3.34. The molecule has 1 amide bonds. The number of phenols is 1. The van der Waals surface area contributed by atoms with E-state index in [0.717, 1.165) is 16.8 Å². The summed E-state index contributed by atoms with van der Waals surface area (Å²) in [6.45, 7) is 0. The molecule has 0 saturated carbocycles. The second-order valence-corrected chi connectivity index (χ2v) is 5.23. The first kappa shape index (κ1) is 15.6. The molecule has 2 aromatic carbocycles. The van der Waals surface area contributed by atoms with E-state index in [1.54, 1.807) is 18.3 Å². The van der Waals surface area contributed by atoms with Crippen molar-refractivity contribution in [3.63, 3.8) is 0 Å². The van der Waals surface area contributed by atoms with Crippen molar-refractivity contribution in [2.45, 2.75) is 0 Å². The van der Waals surface area contributed by atoms with E-state index in [1.807, 2.05) is 42.5 Å². The lowest BCUT2D eigenvalue weighted by atomic mass is 10.0. The van der Waals surface area contributed by atoms with Crippen LogP contribution in [-0.4, -0.2) is 23.0 Å². The number of carbonyl (C=O) groups excluding carboxylic acids is 1. The quantitative estimate of drug-likeness (QED) is 0.687. The molecule has 3 aromatic rings. The van der Waals surface area contributed by atoms with Crippen molar-refractivity contribution in [2.24, 2.45) is 0 Å². The Morgan fingerprint density at radius 2 is 1.75 bits per heavy atom. The smallest absolute Gasteiger partial charge is 0.254 e. The lowest BCUT2D eigenvalue weighted by Gasteiger charge is -2.09. The van der Waals surface area contributed by atoms with Crippen LogP contribution in [-0.2, 0) is 0 Å². The highest BCUT2D eigenvalue weighted by Crippen LogP contribution is 2.27. The number of rotatable bonds is 4. The Kier molecular flexibility index (Phi) is 4.43. The van der Waals surface area contributed by atoms with E-state index in [0.29, 0.717) is 5.82 Å². The van der Waals surface area contributed by atoms with Crippen LogP contribution in [0.3, 0.4) is 0 Å². The SMILES string of the molecule is CNC(=O)c1cc(-c2ccnc(Nc3ccccc3)c2)ccc1O. The van der Waals surface area contributed by atoms with Gasteiger partial charge in [-0.2, -0.15) is 0 Å². The fourth-order valence-corrected chi connectivity index (χ4v) is 2.38. The first-order chi connectivity index (χ1) is 11.7. The lowest BCUT2D eigenvalue weighted by molar-refractivity contribution is 0.0960. The van der Waals surface area contributed by atoms with Crippen molar-refractivity contribution in [1.29, 1.82) is 0 Å². The fourth-order valence-electron chi connectivity index (χ4n) is 2.38. The van der Waals surface area contributed by atoms with Crippen LogP contribution < -0.4 is 10.6 Å². The number of carbonyl (C=O) groups is 1. The standard InChI is InChI=1S/C19H17N3O2/c1-20-19(24)16-11-13(7-8-17(16)23)14-9-10-21-18(12-14)22-15-5-3-2-4-6-15/h2-12,23H,1H3,(H,20,24)(H,21,22). The molecule has 3 N–H and O–H groups in total. The van der Waals surface area contributed by atoms with E-state index in [2.05, 4.69) is 15.6 Å². The van der Waals surface area contributed by atoms with Gasteiger partial charge in [-0.25, -0.2) is 4.98 Å². The van der Waals surface area contributed by atoms with Gasteiger partial charge in [0.25, 0.3) is 5.91 Å². The number of nitrogens with zero attached hydrogens (tertiary/aromatic N) is 1. The molecule has 1 aromatic heterocycles. The molecule has 0 bridgehead atoms. The van der Waals surface area contributed by atoms with E-state index in [1.165, 1.54) is 13.1 Å². The topological polar surface area (TPSA) is 74.2 Å². The number of aromatic hydroxyl groups is 1. The number of aromatic nitrogens is 1. The highest BCUT2D eigenvalue weighted by molar-refractivity contribution is 5.98. The van der Waals surface area contributed by atoms with Crippen LogP contribution in [0.15, 0.2) is 66.9 Å². The summed E-state index contributed by atoms with van der Waals surface area (Å²) in [5.41, 5.74) is 2.90. The predicted molar refractivity (Wildman–Crippen MR) is 94.5 cm³/mol. The van der Waals surface area contributed by atoms with Gasteiger partial charge in [-0.3, -0.25) is 4.79 Å². The van der Waals surface area contributed by atoms with Gasteiger partial charge in [-0.15, -0.1) is 0 Å². The number of amides is 1. The monoisotopic (exact) mass is 319 g/mol. The van der Waals surface area contributed by atoms with Gasteiger partial charge in [0.15, 0.2) is 0 Å². The summed E-state index contributed by atoms with van der Waals surface area (Å²) in [6.07, 6.45) is 1.70. The van der Waals surface area contributed by atoms with Crippen molar-refractivity contribution in [1.82, 2.24) is 10.3 Å². The van der Waals surface area contributed by atoms with Gasteiger partial charge in [0.05, 0.1) is 5.56 Å². The number of benzene rings is 2. The van der Waals surface area contributed by atoms with Gasteiger partial charge in [0, 0.05) is 18.9 Å². The number of anilines is 2. The average molecular weight is 319 g/mol. The van der Waals surface area contributed by atoms with Crippen LogP contribution in [0.25, 0.3) is 11.1 Å². The van der Waals surface area contributed by atoms with Crippen LogP contribution in [0.1, 0.15) is 10.4 Å². The number of hydrogen-bond acceptors (Lipinski definition) is 4. The van der Waals surface area contributed by atoms with Gasteiger partial charge < -0.3 is 15.7 Å². The number of para-hydroxylation sites is 1. The average Bonchev–Trinajstić information content (AvgIpc) is 2.62. The predicted octanol–water partition coefficient (Wildman–Crippen LogP) is 3.56. The second-order valence-electron chi connectivity index (χ2n) is 5.23. The fraction of sp³-hybridized carbons (Fsp3) is 0.0526. The minimum Gasteiger partial charge on any atom is -0.507 e. The Morgan fingerprint density at radius 1 is 1.00 bits per heavy atom. The van der Waals surface area contributed by atoms with Gasteiger partial charge >= 0.3 is 0 Å².